The molecule has 1 aromatic rings. The summed E-state index contributed by atoms with van der Waals surface area (Å²) in [4.78, 5) is 11.5. The van der Waals surface area contributed by atoms with Gasteiger partial charge in [-0.05, 0) is 17.7 Å². The second-order valence-corrected chi connectivity index (χ2v) is 5.65. The standard InChI is InChI=1S/C13H14N2O4S/c1-19-8-9-20(17,18)15-13(16)7-6-11-4-2-3-5-12(11)10-14/h2-7H,8-9H2,1H3,(H,15,16). The van der Waals surface area contributed by atoms with Gasteiger partial charge in [0.2, 0.25) is 10.0 Å². The largest absolute Gasteiger partial charge is 0.384 e. The minimum Gasteiger partial charge on any atom is -0.384 e. The van der Waals surface area contributed by atoms with Crippen molar-refractivity contribution in [2.45, 2.75) is 0 Å². The Bertz CT molecular complexity index is 645. The zero-order valence-electron chi connectivity index (χ0n) is 10.9. The maximum atomic E-state index is 11.5. The van der Waals surface area contributed by atoms with Crippen molar-refractivity contribution in [3.8, 4) is 6.07 Å². The molecule has 0 saturated heterocycles. The molecular formula is C13H14N2O4S. The van der Waals surface area contributed by atoms with Gasteiger partial charge in [-0.15, -0.1) is 0 Å². The van der Waals surface area contributed by atoms with Crippen molar-refractivity contribution in [2.24, 2.45) is 0 Å². The molecule has 0 unspecified atom stereocenters. The number of benzene rings is 1. The van der Waals surface area contributed by atoms with Crippen molar-refractivity contribution < 1.29 is 17.9 Å². The van der Waals surface area contributed by atoms with E-state index < -0.39 is 15.9 Å². The maximum Gasteiger partial charge on any atom is 0.257 e. The quantitative estimate of drug-likeness (QED) is 0.778. The van der Waals surface area contributed by atoms with Crippen molar-refractivity contribution in [3.05, 3.63) is 41.5 Å². The van der Waals surface area contributed by atoms with Gasteiger partial charge < -0.3 is 4.74 Å². The Balaban J connectivity index is 2.72. The molecule has 0 aromatic heterocycles. The third-order valence-corrected chi connectivity index (χ3v) is 3.52. The van der Waals surface area contributed by atoms with Crippen LogP contribution in [-0.2, 0) is 19.6 Å². The van der Waals surface area contributed by atoms with Gasteiger partial charge in [0, 0.05) is 13.2 Å². The Labute approximate surface area is 117 Å². The van der Waals surface area contributed by atoms with E-state index >= 15 is 0 Å². The number of ether oxygens (including phenoxy) is 1. The molecule has 0 aliphatic rings. The highest BCUT2D eigenvalue weighted by Crippen LogP contribution is 2.08. The van der Waals surface area contributed by atoms with Crippen molar-refractivity contribution in [1.82, 2.24) is 4.72 Å². The molecule has 0 aliphatic heterocycles. The van der Waals surface area contributed by atoms with Gasteiger partial charge in [0.25, 0.3) is 5.91 Å². The second-order valence-electron chi connectivity index (χ2n) is 3.81. The van der Waals surface area contributed by atoms with Crippen LogP contribution >= 0.6 is 0 Å². The summed E-state index contributed by atoms with van der Waals surface area (Å²) in [6.07, 6.45) is 2.46. The summed E-state index contributed by atoms with van der Waals surface area (Å²) >= 11 is 0. The zero-order chi connectivity index (χ0) is 15.0. The van der Waals surface area contributed by atoms with Gasteiger partial charge in [0.1, 0.15) is 0 Å². The van der Waals surface area contributed by atoms with Gasteiger partial charge in [-0.2, -0.15) is 5.26 Å². The molecule has 20 heavy (non-hydrogen) atoms. The molecule has 6 nitrogen and oxygen atoms in total. The summed E-state index contributed by atoms with van der Waals surface area (Å²) in [6, 6.07) is 8.65. The summed E-state index contributed by atoms with van der Waals surface area (Å²) in [5.41, 5.74) is 0.943. The summed E-state index contributed by atoms with van der Waals surface area (Å²) in [6.45, 7) is 0.00356. The summed E-state index contributed by atoms with van der Waals surface area (Å²) < 4.78 is 29.4. The second kappa shape index (κ2) is 7.43. The molecule has 0 bridgehead atoms. The Morgan fingerprint density at radius 3 is 2.80 bits per heavy atom. The molecule has 0 radical (unpaired) electrons. The van der Waals surface area contributed by atoms with Crippen LogP contribution in [0, 0.1) is 11.3 Å². The number of sulfonamides is 1. The Morgan fingerprint density at radius 1 is 1.45 bits per heavy atom. The van der Waals surface area contributed by atoms with Crippen LogP contribution in [0.4, 0.5) is 0 Å². The molecular weight excluding hydrogens is 280 g/mol. The Kier molecular flexibility index (Phi) is 5.90. The normalized spacial score (nSPS) is 11.2. The number of methoxy groups -OCH3 is 1. The topological polar surface area (TPSA) is 96.3 Å². The van der Waals surface area contributed by atoms with Crippen LogP contribution in [0.5, 0.6) is 0 Å². The molecule has 7 heteroatoms. The highest BCUT2D eigenvalue weighted by atomic mass is 32.2. The number of rotatable bonds is 6. The minimum absolute atomic E-state index is 0.00356. The first-order chi connectivity index (χ1) is 9.48. The van der Waals surface area contributed by atoms with Gasteiger partial charge in [-0.25, -0.2) is 13.1 Å². The fraction of sp³-hybridized carbons (Fsp3) is 0.231. The van der Waals surface area contributed by atoms with E-state index in [-0.39, 0.29) is 12.4 Å². The maximum absolute atomic E-state index is 11.5. The third-order valence-electron chi connectivity index (χ3n) is 2.31. The van der Waals surface area contributed by atoms with E-state index in [4.69, 9.17) is 5.26 Å². The van der Waals surface area contributed by atoms with Crippen molar-refractivity contribution >= 4 is 22.0 Å². The Hall–Kier alpha value is -2.17. The monoisotopic (exact) mass is 294 g/mol. The van der Waals surface area contributed by atoms with Crippen molar-refractivity contribution in [1.29, 1.82) is 5.26 Å². The molecule has 1 amide bonds. The fourth-order valence-corrected chi connectivity index (χ4v) is 2.20. The number of carbonyl (C=O) groups is 1. The van der Waals surface area contributed by atoms with Gasteiger partial charge in [0.05, 0.1) is 24.0 Å². The van der Waals surface area contributed by atoms with E-state index in [1.807, 2.05) is 10.8 Å². The predicted molar refractivity (Wildman–Crippen MR) is 74.0 cm³/mol. The van der Waals surface area contributed by atoms with Gasteiger partial charge in [0.15, 0.2) is 0 Å². The molecule has 1 rings (SSSR count). The van der Waals surface area contributed by atoms with Crippen LogP contribution in [0.2, 0.25) is 0 Å². The van der Waals surface area contributed by atoms with Crippen LogP contribution in [0.15, 0.2) is 30.3 Å². The highest BCUT2D eigenvalue weighted by Gasteiger charge is 2.12. The molecule has 1 aromatic carbocycles. The zero-order valence-corrected chi connectivity index (χ0v) is 11.7. The third kappa shape index (κ3) is 5.22. The van der Waals surface area contributed by atoms with Gasteiger partial charge in [-0.3, -0.25) is 4.79 Å². The van der Waals surface area contributed by atoms with E-state index in [0.717, 1.165) is 6.08 Å². The predicted octanol–water partition coefficient (Wildman–Crippen LogP) is 0.664. The number of amides is 1. The van der Waals surface area contributed by atoms with Crippen molar-refractivity contribution in [3.63, 3.8) is 0 Å². The molecule has 0 heterocycles. The summed E-state index contributed by atoms with van der Waals surface area (Å²) in [5, 5.41) is 8.87. The SMILES string of the molecule is COCCS(=O)(=O)NC(=O)C=Cc1ccccc1C#N. The lowest BCUT2D eigenvalue weighted by Gasteiger charge is -2.03. The van der Waals surface area contributed by atoms with Crippen LogP contribution < -0.4 is 4.72 Å². The summed E-state index contributed by atoms with van der Waals surface area (Å²) in [5.74, 6) is -1.06. The fourth-order valence-electron chi connectivity index (χ4n) is 1.34. The van der Waals surface area contributed by atoms with Crippen LogP contribution in [0.3, 0.4) is 0 Å². The Morgan fingerprint density at radius 2 is 2.15 bits per heavy atom. The van der Waals surface area contributed by atoms with Gasteiger partial charge in [-0.1, -0.05) is 18.2 Å². The first kappa shape index (κ1) is 15.9. The number of carbonyl (C=O) groups excluding carboxylic acids is 1. The van der Waals surface area contributed by atoms with Crippen LogP contribution in [0.1, 0.15) is 11.1 Å². The average Bonchev–Trinajstić information content (AvgIpc) is 2.42. The summed E-state index contributed by atoms with van der Waals surface area (Å²) in [7, 11) is -2.33. The lowest BCUT2D eigenvalue weighted by atomic mass is 10.1. The van der Waals surface area contributed by atoms with E-state index in [0.29, 0.717) is 11.1 Å². The van der Waals surface area contributed by atoms with Crippen LogP contribution in [0.25, 0.3) is 6.08 Å². The van der Waals surface area contributed by atoms with E-state index in [2.05, 4.69) is 4.74 Å². The smallest absolute Gasteiger partial charge is 0.257 e. The number of nitriles is 1. The van der Waals surface area contributed by atoms with E-state index in [9.17, 15) is 13.2 Å². The van der Waals surface area contributed by atoms with E-state index in [1.165, 1.54) is 13.2 Å². The molecule has 0 fully saturated rings. The van der Waals surface area contributed by atoms with Gasteiger partial charge >= 0.3 is 0 Å². The first-order valence-corrected chi connectivity index (χ1v) is 7.34. The highest BCUT2D eigenvalue weighted by molar-refractivity contribution is 7.90. The lowest BCUT2D eigenvalue weighted by Crippen LogP contribution is -2.32. The number of nitrogens with zero attached hydrogens (tertiary/aromatic N) is 1. The minimum atomic E-state index is -3.70. The number of nitrogens with one attached hydrogen (secondary N) is 1. The van der Waals surface area contributed by atoms with Crippen molar-refractivity contribution in [2.75, 3.05) is 19.5 Å². The molecule has 0 saturated carbocycles. The lowest BCUT2D eigenvalue weighted by molar-refractivity contribution is -0.114. The number of hydrogen-bond donors (Lipinski definition) is 1. The molecule has 0 aliphatic carbocycles. The average molecular weight is 294 g/mol. The molecule has 0 spiro atoms. The molecule has 1 N–H and O–H groups in total. The number of hydrogen-bond acceptors (Lipinski definition) is 5. The van der Waals surface area contributed by atoms with E-state index in [1.54, 1.807) is 24.3 Å². The molecule has 106 valence electrons. The first-order valence-electron chi connectivity index (χ1n) is 5.69. The van der Waals surface area contributed by atoms with Crippen LogP contribution in [-0.4, -0.2) is 33.8 Å². The molecule has 0 atom stereocenters.